The lowest BCUT2D eigenvalue weighted by molar-refractivity contribution is 0.0859. The highest BCUT2D eigenvalue weighted by molar-refractivity contribution is 6.30. The highest BCUT2D eigenvalue weighted by Gasteiger charge is 2.39. The van der Waals surface area contributed by atoms with Crippen molar-refractivity contribution in [1.29, 1.82) is 0 Å². The molecule has 2 rings (SSSR count). The highest BCUT2D eigenvalue weighted by atomic mass is 35.5. The summed E-state index contributed by atoms with van der Waals surface area (Å²) < 4.78 is 18.6. The van der Waals surface area contributed by atoms with E-state index in [0.29, 0.717) is 13.0 Å². The van der Waals surface area contributed by atoms with E-state index in [4.69, 9.17) is 22.1 Å². The first kappa shape index (κ1) is 11.5. The van der Waals surface area contributed by atoms with Crippen molar-refractivity contribution in [3.8, 4) is 0 Å². The van der Waals surface area contributed by atoms with Crippen LogP contribution >= 0.6 is 11.6 Å². The van der Waals surface area contributed by atoms with E-state index in [-0.39, 0.29) is 17.2 Å². The van der Waals surface area contributed by atoms with E-state index >= 15 is 0 Å². The van der Waals surface area contributed by atoms with E-state index < -0.39 is 17.1 Å². The van der Waals surface area contributed by atoms with Gasteiger partial charge < -0.3 is 10.5 Å². The Bertz CT molecular complexity index is 430. The van der Waals surface area contributed by atoms with Gasteiger partial charge in [-0.1, -0.05) is 11.6 Å². The fraction of sp³-hybridized carbons (Fsp3) is 0.364. The predicted octanol–water partition coefficient (Wildman–Crippen LogP) is 1.78. The molecule has 0 aliphatic carbocycles. The summed E-state index contributed by atoms with van der Waals surface area (Å²) in [6.45, 7) is 0.561. The summed E-state index contributed by atoms with van der Waals surface area (Å²) >= 11 is 5.61. The molecule has 1 aliphatic rings. The summed E-state index contributed by atoms with van der Waals surface area (Å²) in [5.41, 5.74) is 4.73. The van der Waals surface area contributed by atoms with Crippen LogP contribution in [0.15, 0.2) is 18.2 Å². The van der Waals surface area contributed by atoms with Crippen LogP contribution in [0.1, 0.15) is 16.8 Å². The second-order valence-electron chi connectivity index (χ2n) is 3.91. The van der Waals surface area contributed by atoms with Crippen molar-refractivity contribution in [3.05, 3.63) is 34.6 Å². The summed E-state index contributed by atoms with van der Waals surface area (Å²) in [5, 5.41) is 0.253. The highest BCUT2D eigenvalue weighted by Crippen LogP contribution is 2.24. The number of hydrogen-bond donors (Lipinski definition) is 1. The molecule has 5 heteroatoms. The normalized spacial score (nSPS) is 24.7. The van der Waals surface area contributed by atoms with Crippen LogP contribution in [-0.2, 0) is 4.74 Å². The first-order valence-electron chi connectivity index (χ1n) is 4.89. The van der Waals surface area contributed by atoms with Gasteiger partial charge in [-0.3, -0.25) is 4.79 Å². The van der Waals surface area contributed by atoms with Crippen molar-refractivity contribution in [1.82, 2.24) is 0 Å². The fourth-order valence-electron chi connectivity index (χ4n) is 1.70. The molecule has 0 saturated carbocycles. The van der Waals surface area contributed by atoms with E-state index in [9.17, 15) is 9.18 Å². The SMILES string of the molecule is NC1(C(=O)c2ccc(Cl)cc2F)CCOC1. The van der Waals surface area contributed by atoms with Crippen molar-refractivity contribution in [3.63, 3.8) is 0 Å². The topological polar surface area (TPSA) is 52.3 Å². The summed E-state index contributed by atoms with van der Waals surface area (Å²) in [6, 6.07) is 3.93. The standard InChI is InChI=1S/C11H11ClFNO2/c12-7-1-2-8(9(13)5-7)10(15)11(14)3-4-16-6-11/h1-2,5H,3-4,6,14H2. The Hall–Kier alpha value is -0.970. The van der Waals surface area contributed by atoms with Crippen LogP contribution in [-0.4, -0.2) is 24.5 Å². The van der Waals surface area contributed by atoms with E-state index in [1.165, 1.54) is 12.1 Å². The van der Waals surface area contributed by atoms with E-state index in [1.54, 1.807) is 0 Å². The first-order valence-corrected chi connectivity index (χ1v) is 5.27. The molecule has 0 aromatic heterocycles. The summed E-state index contributed by atoms with van der Waals surface area (Å²) in [5.74, 6) is -1.08. The second kappa shape index (κ2) is 4.13. The Morgan fingerprint density at radius 1 is 1.56 bits per heavy atom. The summed E-state index contributed by atoms with van der Waals surface area (Å²) in [4.78, 5) is 12.0. The van der Waals surface area contributed by atoms with E-state index in [2.05, 4.69) is 0 Å². The van der Waals surface area contributed by atoms with Gasteiger partial charge in [0.25, 0.3) is 0 Å². The zero-order chi connectivity index (χ0) is 11.8. The average Bonchev–Trinajstić information content (AvgIpc) is 2.66. The number of benzene rings is 1. The monoisotopic (exact) mass is 243 g/mol. The molecule has 16 heavy (non-hydrogen) atoms. The largest absolute Gasteiger partial charge is 0.379 e. The Kier molecular flexibility index (Phi) is 2.97. The zero-order valence-corrected chi connectivity index (χ0v) is 9.26. The lowest BCUT2D eigenvalue weighted by Gasteiger charge is -2.20. The van der Waals surface area contributed by atoms with Crippen LogP contribution in [0.3, 0.4) is 0 Å². The lowest BCUT2D eigenvalue weighted by atomic mass is 9.89. The van der Waals surface area contributed by atoms with Gasteiger partial charge in [-0.05, 0) is 24.6 Å². The molecule has 3 nitrogen and oxygen atoms in total. The molecule has 1 aromatic rings. The molecule has 0 spiro atoms. The lowest BCUT2D eigenvalue weighted by Crippen LogP contribution is -2.48. The molecule has 1 aliphatic heterocycles. The molecule has 1 aromatic carbocycles. The minimum atomic E-state index is -1.10. The van der Waals surface area contributed by atoms with Crippen molar-refractivity contribution in [2.24, 2.45) is 5.73 Å². The Balaban J connectivity index is 2.33. The molecule has 1 saturated heterocycles. The number of nitrogens with two attached hydrogens (primary N) is 1. The average molecular weight is 244 g/mol. The van der Waals surface area contributed by atoms with Crippen molar-refractivity contribution < 1.29 is 13.9 Å². The molecule has 0 amide bonds. The van der Waals surface area contributed by atoms with E-state index in [0.717, 1.165) is 6.07 Å². The van der Waals surface area contributed by atoms with Gasteiger partial charge in [0.15, 0.2) is 5.78 Å². The summed E-state index contributed by atoms with van der Waals surface area (Å²) in [7, 11) is 0. The van der Waals surface area contributed by atoms with Crippen LogP contribution in [0.2, 0.25) is 5.02 Å². The first-order chi connectivity index (χ1) is 7.53. The van der Waals surface area contributed by atoms with Gasteiger partial charge >= 0.3 is 0 Å². The maximum absolute atomic E-state index is 13.5. The molecular formula is C11H11ClFNO2. The number of carbonyl (C=O) groups excluding carboxylic acids is 1. The fourth-order valence-corrected chi connectivity index (χ4v) is 1.86. The number of hydrogen-bond acceptors (Lipinski definition) is 3. The van der Waals surface area contributed by atoms with Gasteiger partial charge in [-0.15, -0.1) is 0 Å². The molecule has 0 bridgehead atoms. The Morgan fingerprint density at radius 2 is 2.31 bits per heavy atom. The minimum Gasteiger partial charge on any atom is -0.379 e. The van der Waals surface area contributed by atoms with Crippen molar-refractivity contribution >= 4 is 17.4 Å². The number of ketones is 1. The molecule has 1 heterocycles. The quantitative estimate of drug-likeness (QED) is 0.806. The minimum absolute atomic E-state index is 0.0302. The van der Waals surface area contributed by atoms with Crippen LogP contribution in [0.5, 0.6) is 0 Å². The second-order valence-corrected chi connectivity index (χ2v) is 4.35. The third-order valence-electron chi connectivity index (χ3n) is 2.68. The number of halogens is 2. The van der Waals surface area contributed by atoms with Crippen LogP contribution < -0.4 is 5.73 Å². The van der Waals surface area contributed by atoms with Gasteiger partial charge in [0, 0.05) is 11.6 Å². The molecule has 1 atom stereocenters. The smallest absolute Gasteiger partial charge is 0.188 e. The van der Waals surface area contributed by atoms with Gasteiger partial charge in [0.05, 0.1) is 12.2 Å². The van der Waals surface area contributed by atoms with Gasteiger partial charge in [-0.25, -0.2) is 4.39 Å². The Morgan fingerprint density at radius 3 is 2.88 bits per heavy atom. The van der Waals surface area contributed by atoms with Gasteiger partial charge in [0.2, 0.25) is 0 Å². The van der Waals surface area contributed by atoms with Crippen LogP contribution in [0.4, 0.5) is 4.39 Å². The molecule has 2 N–H and O–H groups in total. The molecule has 0 radical (unpaired) electrons. The number of Topliss-reactive ketones (excluding diaryl/α,β-unsaturated/α-hetero) is 1. The van der Waals surface area contributed by atoms with Crippen molar-refractivity contribution in [2.75, 3.05) is 13.2 Å². The number of carbonyl (C=O) groups is 1. The maximum atomic E-state index is 13.5. The molecule has 1 unspecified atom stereocenters. The van der Waals surface area contributed by atoms with Crippen LogP contribution in [0, 0.1) is 5.82 Å². The third kappa shape index (κ3) is 1.96. The van der Waals surface area contributed by atoms with Gasteiger partial charge in [0.1, 0.15) is 11.4 Å². The van der Waals surface area contributed by atoms with Crippen LogP contribution in [0.25, 0.3) is 0 Å². The Labute approximate surface area is 97.3 Å². The molecule has 1 fully saturated rings. The summed E-state index contributed by atoms with van der Waals surface area (Å²) in [6.07, 6.45) is 0.411. The van der Waals surface area contributed by atoms with Crippen molar-refractivity contribution in [2.45, 2.75) is 12.0 Å². The molecular weight excluding hydrogens is 233 g/mol. The van der Waals surface area contributed by atoms with Gasteiger partial charge in [-0.2, -0.15) is 0 Å². The maximum Gasteiger partial charge on any atom is 0.188 e. The van der Waals surface area contributed by atoms with E-state index in [1.807, 2.05) is 0 Å². The number of ether oxygens (including phenoxy) is 1. The predicted molar refractivity (Wildman–Crippen MR) is 58.1 cm³/mol. The molecule has 86 valence electrons. The third-order valence-corrected chi connectivity index (χ3v) is 2.92. The zero-order valence-electron chi connectivity index (χ0n) is 8.50. The number of rotatable bonds is 2.